The average molecular weight is 326 g/mol. The minimum absolute atomic E-state index is 0.0510. The quantitative estimate of drug-likeness (QED) is 0.353. The van der Waals surface area contributed by atoms with Crippen LogP contribution in [0.5, 0.6) is 0 Å². The molecule has 3 heterocycles. The van der Waals surface area contributed by atoms with E-state index in [9.17, 15) is 24.9 Å². The predicted molar refractivity (Wildman–Crippen MR) is 69.8 cm³/mol. The molecule has 3 saturated heterocycles. The maximum absolute atomic E-state index is 12.3. The van der Waals surface area contributed by atoms with E-state index in [2.05, 4.69) is 0 Å². The van der Waals surface area contributed by atoms with Crippen LogP contribution in [0.4, 0.5) is 0 Å². The Morgan fingerprint density at radius 3 is 2.52 bits per heavy atom. The molecular formula is C15H18O8. The highest BCUT2D eigenvalue weighted by atomic mass is 16.6. The number of carbonyl (C=O) groups excluding carboxylic acids is 2. The molecule has 3 aliphatic heterocycles. The molecule has 5 fully saturated rings. The molecule has 0 radical (unpaired) electrons. The van der Waals surface area contributed by atoms with Gasteiger partial charge in [0, 0.05) is 12.8 Å². The number of aliphatic hydroxyl groups excluding tert-OH is 1. The van der Waals surface area contributed by atoms with Crippen LogP contribution in [-0.4, -0.2) is 69.0 Å². The first-order chi connectivity index (χ1) is 10.6. The standard InChI is InChI=1S/C15H18O8/c1-11-5-21-10(18)15(11,20)7-3-13(8(16)9(17)22-7)12(2)6(23-12)4-14(11,13)19/h6-8,16,19-20H,3-5H2,1-2H3. The van der Waals surface area contributed by atoms with Crippen molar-refractivity contribution in [1.29, 1.82) is 0 Å². The van der Waals surface area contributed by atoms with Crippen LogP contribution in [0.2, 0.25) is 0 Å². The highest BCUT2D eigenvalue weighted by Gasteiger charge is 2.93. The number of cyclic esters (lactones) is 1. The van der Waals surface area contributed by atoms with Gasteiger partial charge in [-0.15, -0.1) is 0 Å². The van der Waals surface area contributed by atoms with Gasteiger partial charge in [0.1, 0.15) is 18.3 Å². The summed E-state index contributed by atoms with van der Waals surface area (Å²) in [5, 5.41) is 33.4. The Bertz CT molecular complexity index is 678. The first-order valence-corrected chi connectivity index (χ1v) is 7.77. The van der Waals surface area contributed by atoms with E-state index >= 15 is 0 Å². The Morgan fingerprint density at radius 2 is 1.83 bits per heavy atom. The zero-order chi connectivity index (χ0) is 16.6. The lowest BCUT2D eigenvalue weighted by molar-refractivity contribution is -0.332. The summed E-state index contributed by atoms with van der Waals surface area (Å²) >= 11 is 0. The Balaban J connectivity index is 1.83. The number of hydrogen-bond acceptors (Lipinski definition) is 8. The molecule has 2 saturated carbocycles. The van der Waals surface area contributed by atoms with Crippen molar-refractivity contribution >= 4 is 11.9 Å². The van der Waals surface area contributed by atoms with E-state index in [0.29, 0.717) is 0 Å². The van der Waals surface area contributed by atoms with E-state index in [1.165, 1.54) is 0 Å². The van der Waals surface area contributed by atoms with Gasteiger partial charge >= 0.3 is 11.9 Å². The van der Waals surface area contributed by atoms with Gasteiger partial charge in [0.15, 0.2) is 6.10 Å². The number of aliphatic hydroxyl groups is 3. The summed E-state index contributed by atoms with van der Waals surface area (Å²) in [6, 6.07) is 0. The van der Waals surface area contributed by atoms with Crippen molar-refractivity contribution in [2.24, 2.45) is 10.8 Å². The van der Waals surface area contributed by atoms with Gasteiger partial charge in [-0.05, 0) is 13.8 Å². The van der Waals surface area contributed by atoms with Gasteiger partial charge in [0.2, 0.25) is 5.60 Å². The third kappa shape index (κ3) is 0.996. The monoisotopic (exact) mass is 326 g/mol. The van der Waals surface area contributed by atoms with Gasteiger partial charge in [0.05, 0.1) is 22.5 Å². The molecule has 5 aliphatic rings. The zero-order valence-corrected chi connectivity index (χ0v) is 12.7. The summed E-state index contributed by atoms with van der Waals surface area (Å²) in [4.78, 5) is 24.5. The van der Waals surface area contributed by atoms with Crippen molar-refractivity contribution < 1.29 is 39.1 Å². The number of epoxide rings is 1. The van der Waals surface area contributed by atoms with Crippen LogP contribution in [0.15, 0.2) is 0 Å². The predicted octanol–water partition coefficient (Wildman–Crippen LogP) is -1.75. The summed E-state index contributed by atoms with van der Waals surface area (Å²) < 4.78 is 15.9. The lowest BCUT2D eigenvalue weighted by Gasteiger charge is -2.64. The molecule has 2 aliphatic carbocycles. The summed E-state index contributed by atoms with van der Waals surface area (Å²) in [7, 11) is 0. The summed E-state index contributed by atoms with van der Waals surface area (Å²) in [6.07, 6.45) is -3.04. The SMILES string of the molecule is CC12OC1CC1(O)C3(C)COC(=O)C3(O)C3CC21C(O)C(=O)O3. The number of carbonyl (C=O) groups is 2. The Hall–Kier alpha value is -1.22. The van der Waals surface area contributed by atoms with Crippen molar-refractivity contribution in [2.45, 2.75) is 61.8 Å². The molecule has 0 amide bonds. The van der Waals surface area contributed by atoms with Crippen LogP contribution in [0, 0.1) is 10.8 Å². The summed E-state index contributed by atoms with van der Waals surface area (Å²) in [6.45, 7) is 3.10. The molecule has 3 N–H and O–H groups in total. The molecule has 8 nitrogen and oxygen atoms in total. The van der Waals surface area contributed by atoms with Crippen LogP contribution in [0.1, 0.15) is 26.7 Å². The van der Waals surface area contributed by atoms with Crippen molar-refractivity contribution in [3.8, 4) is 0 Å². The molecule has 1 spiro atoms. The smallest absolute Gasteiger partial charge is 0.342 e. The van der Waals surface area contributed by atoms with Gasteiger partial charge in [0.25, 0.3) is 0 Å². The topological polar surface area (TPSA) is 126 Å². The van der Waals surface area contributed by atoms with Crippen molar-refractivity contribution in [3.05, 3.63) is 0 Å². The number of esters is 2. The molecule has 8 atom stereocenters. The second-order valence-corrected chi connectivity index (χ2v) is 7.96. The highest BCUT2D eigenvalue weighted by molar-refractivity contribution is 5.87. The number of rotatable bonds is 0. The molecule has 0 aromatic carbocycles. The summed E-state index contributed by atoms with van der Waals surface area (Å²) in [5.74, 6) is -1.85. The molecule has 0 aromatic heterocycles. The fourth-order valence-electron chi connectivity index (χ4n) is 6.00. The number of hydrogen-bond donors (Lipinski definition) is 3. The van der Waals surface area contributed by atoms with Crippen molar-refractivity contribution in [2.75, 3.05) is 6.61 Å². The maximum Gasteiger partial charge on any atom is 0.342 e. The average Bonchev–Trinajstić information content (AvgIpc) is 3.01. The van der Waals surface area contributed by atoms with Crippen LogP contribution < -0.4 is 0 Å². The molecule has 2 bridgehead atoms. The molecule has 5 rings (SSSR count). The third-order valence-corrected chi connectivity index (χ3v) is 7.53. The third-order valence-electron chi connectivity index (χ3n) is 7.53. The lowest BCUT2D eigenvalue weighted by atomic mass is 9.43. The van der Waals surface area contributed by atoms with E-state index in [-0.39, 0.29) is 25.6 Å². The van der Waals surface area contributed by atoms with Gasteiger partial charge in [-0.3, -0.25) is 0 Å². The van der Waals surface area contributed by atoms with Crippen molar-refractivity contribution in [1.82, 2.24) is 0 Å². The molecule has 126 valence electrons. The minimum Gasteiger partial charge on any atom is -0.463 e. The van der Waals surface area contributed by atoms with E-state index in [1.807, 2.05) is 0 Å². The van der Waals surface area contributed by atoms with Gasteiger partial charge < -0.3 is 29.5 Å². The van der Waals surface area contributed by atoms with Crippen LogP contribution in [-0.2, 0) is 23.8 Å². The first kappa shape index (κ1) is 14.2. The van der Waals surface area contributed by atoms with E-state index < -0.39 is 51.8 Å². The molecule has 23 heavy (non-hydrogen) atoms. The number of ether oxygens (including phenoxy) is 3. The molecule has 0 aromatic rings. The fraction of sp³-hybridized carbons (Fsp3) is 0.867. The Morgan fingerprint density at radius 1 is 1.13 bits per heavy atom. The van der Waals surface area contributed by atoms with E-state index in [4.69, 9.17) is 14.2 Å². The van der Waals surface area contributed by atoms with Crippen LogP contribution in [0.3, 0.4) is 0 Å². The van der Waals surface area contributed by atoms with Gasteiger partial charge in [-0.25, -0.2) is 9.59 Å². The normalized spacial score (nSPS) is 65.3. The van der Waals surface area contributed by atoms with Gasteiger partial charge in [-0.2, -0.15) is 0 Å². The maximum atomic E-state index is 12.3. The fourth-order valence-corrected chi connectivity index (χ4v) is 6.00. The second kappa shape index (κ2) is 3.28. The number of fused-ring (bicyclic) bond motifs is 5. The minimum atomic E-state index is -2.13. The van der Waals surface area contributed by atoms with Crippen LogP contribution >= 0.6 is 0 Å². The largest absolute Gasteiger partial charge is 0.463 e. The second-order valence-electron chi connectivity index (χ2n) is 7.96. The van der Waals surface area contributed by atoms with Crippen molar-refractivity contribution in [3.63, 3.8) is 0 Å². The Labute approximate surface area is 131 Å². The van der Waals surface area contributed by atoms with Gasteiger partial charge in [-0.1, -0.05) is 0 Å². The zero-order valence-electron chi connectivity index (χ0n) is 12.7. The summed E-state index contributed by atoms with van der Waals surface area (Å²) in [5.41, 5.74) is -7.45. The first-order valence-electron chi connectivity index (χ1n) is 7.77. The van der Waals surface area contributed by atoms with Crippen LogP contribution in [0.25, 0.3) is 0 Å². The molecule has 8 heteroatoms. The van der Waals surface area contributed by atoms with E-state index in [1.54, 1.807) is 13.8 Å². The Kier molecular flexibility index (Phi) is 2.02. The van der Waals surface area contributed by atoms with E-state index in [0.717, 1.165) is 0 Å². The molecular weight excluding hydrogens is 308 g/mol. The molecule has 8 unspecified atom stereocenters. The lowest BCUT2D eigenvalue weighted by Crippen LogP contribution is -2.82. The highest BCUT2D eigenvalue weighted by Crippen LogP contribution is 2.78.